The van der Waals surface area contributed by atoms with Crippen molar-refractivity contribution in [2.45, 2.75) is 32.3 Å². The van der Waals surface area contributed by atoms with Crippen LogP contribution in [0.5, 0.6) is 17.4 Å². The van der Waals surface area contributed by atoms with Gasteiger partial charge in [0.2, 0.25) is 11.8 Å². The third kappa shape index (κ3) is 4.98. The van der Waals surface area contributed by atoms with Gasteiger partial charge in [-0.2, -0.15) is 0 Å². The highest BCUT2D eigenvalue weighted by Crippen LogP contribution is 2.26. The third-order valence-electron chi connectivity index (χ3n) is 5.29. The van der Waals surface area contributed by atoms with Crippen LogP contribution in [0.4, 0.5) is 0 Å². The summed E-state index contributed by atoms with van der Waals surface area (Å²) in [7, 11) is 0. The molecule has 1 fully saturated rings. The molecule has 0 atom stereocenters. The molecule has 5 nitrogen and oxygen atoms in total. The maximum absolute atomic E-state index is 11.8. The van der Waals surface area contributed by atoms with Gasteiger partial charge >= 0.3 is 0 Å². The van der Waals surface area contributed by atoms with Crippen LogP contribution in [0.1, 0.15) is 26.2 Å². The van der Waals surface area contributed by atoms with Gasteiger partial charge in [0.05, 0.1) is 0 Å². The Morgan fingerprint density at radius 3 is 2.27 bits per heavy atom. The zero-order chi connectivity index (χ0) is 20.8. The fraction of sp³-hybridized carbons (Fsp3) is 0.280. The second-order valence-corrected chi connectivity index (χ2v) is 7.38. The molecule has 0 spiro atoms. The molecule has 2 aromatic carbocycles. The molecule has 1 saturated heterocycles. The van der Waals surface area contributed by atoms with Crippen LogP contribution in [-0.4, -0.2) is 35.0 Å². The van der Waals surface area contributed by atoms with Crippen molar-refractivity contribution in [1.29, 1.82) is 0 Å². The molecule has 3 aromatic rings. The minimum Gasteiger partial charge on any atom is -0.490 e. The number of hydrogen-bond donors (Lipinski definition) is 0. The van der Waals surface area contributed by atoms with E-state index < -0.39 is 0 Å². The summed E-state index contributed by atoms with van der Waals surface area (Å²) in [5.74, 6) is 2.42. The summed E-state index contributed by atoms with van der Waals surface area (Å²) in [4.78, 5) is 18.1. The van der Waals surface area contributed by atoms with Crippen LogP contribution in [0.15, 0.2) is 72.9 Å². The van der Waals surface area contributed by atoms with Gasteiger partial charge in [-0.05, 0) is 35.9 Å². The summed E-state index contributed by atoms with van der Waals surface area (Å²) < 4.78 is 11.9. The Morgan fingerprint density at radius 1 is 0.933 bits per heavy atom. The van der Waals surface area contributed by atoms with Crippen molar-refractivity contribution in [2.75, 3.05) is 13.1 Å². The Kier molecular flexibility index (Phi) is 6.28. The maximum Gasteiger partial charge on any atom is 0.222 e. The number of benzene rings is 2. The predicted octanol–water partition coefficient (Wildman–Crippen LogP) is 5.32. The summed E-state index contributed by atoms with van der Waals surface area (Å²) in [5.41, 5.74) is 2.10. The Balaban J connectivity index is 1.33. The molecule has 0 unspecified atom stereocenters. The zero-order valence-corrected chi connectivity index (χ0v) is 17.2. The van der Waals surface area contributed by atoms with Crippen molar-refractivity contribution >= 4 is 5.91 Å². The number of aromatic nitrogens is 1. The first-order valence-corrected chi connectivity index (χ1v) is 10.4. The van der Waals surface area contributed by atoms with E-state index in [9.17, 15) is 4.79 Å². The molecule has 0 aliphatic carbocycles. The first-order chi connectivity index (χ1) is 14.7. The first kappa shape index (κ1) is 20.0. The monoisotopic (exact) mass is 402 g/mol. The van der Waals surface area contributed by atoms with E-state index >= 15 is 0 Å². The number of piperidine rings is 1. The van der Waals surface area contributed by atoms with Gasteiger partial charge in [0, 0.05) is 50.2 Å². The predicted molar refractivity (Wildman–Crippen MR) is 117 cm³/mol. The SMILES string of the molecule is CCC(=O)N1CCC(Oc2ccc(-c3ccc(Oc4ccccc4)nc3)cc2)CC1. The number of carbonyl (C=O) groups excluding carboxylic acids is 1. The molecule has 1 aromatic heterocycles. The number of rotatable bonds is 6. The van der Waals surface area contributed by atoms with Crippen LogP contribution < -0.4 is 9.47 Å². The van der Waals surface area contributed by atoms with E-state index in [1.165, 1.54) is 0 Å². The quantitative estimate of drug-likeness (QED) is 0.560. The molecule has 2 heterocycles. The third-order valence-corrected chi connectivity index (χ3v) is 5.29. The number of pyridine rings is 1. The van der Waals surface area contributed by atoms with E-state index in [1.807, 2.05) is 84.8 Å². The highest BCUT2D eigenvalue weighted by atomic mass is 16.5. The van der Waals surface area contributed by atoms with Crippen molar-refractivity contribution in [3.63, 3.8) is 0 Å². The fourth-order valence-electron chi connectivity index (χ4n) is 3.59. The fourth-order valence-corrected chi connectivity index (χ4v) is 3.59. The van der Waals surface area contributed by atoms with Crippen molar-refractivity contribution < 1.29 is 14.3 Å². The molecular weight excluding hydrogens is 376 g/mol. The van der Waals surface area contributed by atoms with Crippen LogP contribution in [0.2, 0.25) is 0 Å². The second kappa shape index (κ2) is 9.44. The van der Waals surface area contributed by atoms with Crippen LogP contribution >= 0.6 is 0 Å². The van der Waals surface area contributed by atoms with Crippen molar-refractivity contribution in [3.8, 4) is 28.5 Å². The Labute approximate surface area is 177 Å². The van der Waals surface area contributed by atoms with Gasteiger partial charge < -0.3 is 14.4 Å². The van der Waals surface area contributed by atoms with Crippen molar-refractivity contribution in [2.24, 2.45) is 0 Å². The molecule has 30 heavy (non-hydrogen) atoms. The number of hydrogen-bond acceptors (Lipinski definition) is 4. The molecule has 1 amide bonds. The van der Waals surface area contributed by atoms with E-state index in [-0.39, 0.29) is 12.0 Å². The van der Waals surface area contributed by atoms with E-state index in [4.69, 9.17) is 9.47 Å². The summed E-state index contributed by atoms with van der Waals surface area (Å²) >= 11 is 0. The topological polar surface area (TPSA) is 51.7 Å². The van der Waals surface area contributed by atoms with Gasteiger partial charge in [0.1, 0.15) is 17.6 Å². The average molecular weight is 402 g/mol. The number of likely N-dealkylation sites (tertiary alicyclic amines) is 1. The van der Waals surface area contributed by atoms with Gasteiger partial charge in [-0.15, -0.1) is 0 Å². The summed E-state index contributed by atoms with van der Waals surface area (Å²) in [6.45, 7) is 3.46. The smallest absolute Gasteiger partial charge is 0.222 e. The number of nitrogens with zero attached hydrogens (tertiary/aromatic N) is 2. The lowest BCUT2D eigenvalue weighted by molar-refractivity contribution is -0.132. The standard InChI is InChI=1S/C25H26N2O3/c1-2-25(28)27-16-14-23(15-17-27)29-22-11-8-19(9-12-22)20-10-13-24(26-18-20)30-21-6-4-3-5-7-21/h3-13,18,23H,2,14-17H2,1H3. The normalized spacial score (nSPS) is 14.4. The molecular formula is C25H26N2O3. The lowest BCUT2D eigenvalue weighted by Gasteiger charge is -2.32. The van der Waals surface area contributed by atoms with E-state index in [2.05, 4.69) is 4.98 Å². The largest absolute Gasteiger partial charge is 0.490 e. The van der Waals surface area contributed by atoms with Crippen molar-refractivity contribution in [3.05, 3.63) is 72.9 Å². The van der Waals surface area contributed by atoms with Crippen LogP contribution in [0.3, 0.4) is 0 Å². The van der Waals surface area contributed by atoms with E-state index in [0.717, 1.165) is 48.6 Å². The van der Waals surface area contributed by atoms with Crippen LogP contribution in [0.25, 0.3) is 11.1 Å². The number of ether oxygens (including phenoxy) is 2. The number of amides is 1. The molecule has 0 radical (unpaired) electrons. The summed E-state index contributed by atoms with van der Waals surface area (Å²) in [6.07, 6.45) is 4.30. The highest BCUT2D eigenvalue weighted by molar-refractivity contribution is 5.75. The second-order valence-electron chi connectivity index (χ2n) is 7.38. The minimum absolute atomic E-state index is 0.160. The van der Waals surface area contributed by atoms with Gasteiger partial charge in [-0.3, -0.25) is 4.79 Å². The molecule has 0 N–H and O–H groups in total. The Morgan fingerprint density at radius 2 is 1.63 bits per heavy atom. The molecule has 5 heteroatoms. The van der Waals surface area contributed by atoms with Gasteiger partial charge in [0.25, 0.3) is 0 Å². The van der Waals surface area contributed by atoms with E-state index in [0.29, 0.717) is 12.3 Å². The lowest BCUT2D eigenvalue weighted by atomic mass is 10.1. The highest BCUT2D eigenvalue weighted by Gasteiger charge is 2.22. The summed E-state index contributed by atoms with van der Waals surface area (Å²) in [5, 5.41) is 0. The van der Waals surface area contributed by atoms with Gasteiger partial charge in [-0.25, -0.2) is 4.98 Å². The van der Waals surface area contributed by atoms with E-state index in [1.54, 1.807) is 0 Å². The van der Waals surface area contributed by atoms with Gasteiger partial charge in [-0.1, -0.05) is 37.3 Å². The van der Waals surface area contributed by atoms with Gasteiger partial charge in [0.15, 0.2) is 0 Å². The number of para-hydroxylation sites is 1. The molecule has 0 bridgehead atoms. The van der Waals surface area contributed by atoms with Crippen LogP contribution in [-0.2, 0) is 4.79 Å². The number of carbonyl (C=O) groups is 1. The van der Waals surface area contributed by atoms with Crippen LogP contribution in [0, 0.1) is 0 Å². The minimum atomic E-state index is 0.160. The molecule has 0 saturated carbocycles. The first-order valence-electron chi connectivity index (χ1n) is 10.4. The Bertz CT molecular complexity index is 948. The molecule has 4 rings (SSSR count). The molecule has 1 aliphatic rings. The van der Waals surface area contributed by atoms with Crippen molar-refractivity contribution in [1.82, 2.24) is 9.88 Å². The molecule has 154 valence electrons. The zero-order valence-electron chi connectivity index (χ0n) is 17.2. The average Bonchev–Trinajstić information content (AvgIpc) is 2.81. The molecule has 1 aliphatic heterocycles. The lowest BCUT2D eigenvalue weighted by Crippen LogP contribution is -2.41. The Hall–Kier alpha value is -3.34. The maximum atomic E-state index is 11.8. The summed E-state index contributed by atoms with van der Waals surface area (Å²) in [6, 6.07) is 21.6.